The van der Waals surface area contributed by atoms with Crippen LogP contribution in [0.1, 0.15) is 30.4 Å². The van der Waals surface area contributed by atoms with Crippen LogP contribution in [-0.2, 0) is 16.6 Å². The van der Waals surface area contributed by atoms with Crippen LogP contribution < -0.4 is 0 Å². The van der Waals surface area contributed by atoms with E-state index in [4.69, 9.17) is 0 Å². The average Bonchev–Trinajstić information content (AvgIpc) is 3.02. The van der Waals surface area contributed by atoms with E-state index in [0.717, 1.165) is 30.9 Å². The minimum atomic E-state index is -0.565. The fourth-order valence-corrected chi connectivity index (χ4v) is 3.80. The van der Waals surface area contributed by atoms with Gasteiger partial charge in [-0.05, 0) is 41.9 Å². The number of carbonyl (C=O) groups excluding carboxylic acids is 1. The van der Waals surface area contributed by atoms with Gasteiger partial charge in [-0.1, -0.05) is 22.6 Å². The molecule has 90 valence electrons. The van der Waals surface area contributed by atoms with Gasteiger partial charge in [0.25, 0.3) is 0 Å². The van der Waals surface area contributed by atoms with Gasteiger partial charge >= 0.3 is 0 Å². The fraction of sp³-hybridized carbons (Fsp3) is 0.462. The molecule has 1 unspecified atom stereocenters. The van der Waals surface area contributed by atoms with Gasteiger partial charge in [-0.25, -0.2) is 8.78 Å². The molecule has 1 aromatic carbocycles. The Hall–Kier alpha value is -0.520. The molecule has 0 heterocycles. The Morgan fingerprint density at radius 2 is 2.00 bits per heavy atom. The molecule has 17 heavy (non-hydrogen) atoms. The van der Waals surface area contributed by atoms with E-state index in [0.29, 0.717) is 5.56 Å². The highest BCUT2D eigenvalue weighted by atomic mass is 127. The Morgan fingerprint density at radius 1 is 1.29 bits per heavy atom. The molecule has 0 amide bonds. The van der Waals surface area contributed by atoms with E-state index in [1.54, 1.807) is 0 Å². The van der Waals surface area contributed by atoms with E-state index in [-0.39, 0.29) is 21.5 Å². The molecule has 0 aliphatic heterocycles. The van der Waals surface area contributed by atoms with Crippen LogP contribution in [0.4, 0.5) is 8.78 Å². The van der Waals surface area contributed by atoms with Crippen LogP contribution in [0.3, 0.4) is 0 Å². The second-order valence-corrected chi connectivity index (χ2v) is 6.51. The van der Waals surface area contributed by atoms with Gasteiger partial charge < -0.3 is 0 Å². The van der Waals surface area contributed by atoms with Crippen LogP contribution in [0.25, 0.3) is 0 Å². The second kappa shape index (κ2) is 3.73. The van der Waals surface area contributed by atoms with E-state index < -0.39 is 11.6 Å². The number of alkyl halides is 1. The molecular formula is C13H11F2IO. The van der Waals surface area contributed by atoms with Crippen molar-refractivity contribution in [1.82, 2.24) is 0 Å². The summed E-state index contributed by atoms with van der Waals surface area (Å²) in [5.41, 5.74) is 1.03. The average molecular weight is 348 g/mol. The van der Waals surface area contributed by atoms with Crippen molar-refractivity contribution in [3.63, 3.8) is 0 Å². The standard InChI is InChI=1S/C13H11F2IO/c14-7-3-9-8(10(15)4-7)5-12(17)11(16)6-13(9)1-2-13/h3-4,11H,1-2,5-6H2. The maximum absolute atomic E-state index is 13.8. The number of hydrogen-bond donors (Lipinski definition) is 0. The number of ketones is 1. The van der Waals surface area contributed by atoms with Gasteiger partial charge in [-0.2, -0.15) is 0 Å². The summed E-state index contributed by atoms with van der Waals surface area (Å²) in [4.78, 5) is 11.9. The van der Waals surface area contributed by atoms with E-state index in [2.05, 4.69) is 22.6 Å². The zero-order valence-corrected chi connectivity index (χ0v) is 11.3. The molecule has 1 aromatic rings. The lowest BCUT2D eigenvalue weighted by atomic mass is 9.89. The molecular weight excluding hydrogens is 337 g/mol. The van der Waals surface area contributed by atoms with Crippen molar-refractivity contribution in [2.24, 2.45) is 0 Å². The van der Waals surface area contributed by atoms with E-state index >= 15 is 0 Å². The first kappa shape index (κ1) is 11.6. The molecule has 1 spiro atoms. The minimum Gasteiger partial charge on any atom is -0.298 e. The number of fused-ring (bicyclic) bond motifs is 2. The lowest BCUT2D eigenvalue weighted by Crippen LogP contribution is -2.17. The Bertz CT molecular complexity index is 508. The zero-order chi connectivity index (χ0) is 12.2. The molecule has 0 bridgehead atoms. The minimum absolute atomic E-state index is 0.0566. The summed E-state index contributed by atoms with van der Waals surface area (Å²) in [5, 5.41) is 0. The van der Waals surface area contributed by atoms with E-state index in [1.165, 1.54) is 6.07 Å². The third-order valence-electron chi connectivity index (χ3n) is 3.86. The number of halogens is 3. The van der Waals surface area contributed by atoms with Crippen molar-refractivity contribution >= 4 is 28.4 Å². The fourth-order valence-electron chi connectivity index (χ4n) is 2.73. The number of Topliss-reactive ketones (excluding diaryl/α,β-unsaturated/α-hetero) is 1. The smallest absolute Gasteiger partial charge is 0.150 e. The van der Waals surface area contributed by atoms with Crippen molar-refractivity contribution in [3.8, 4) is 0 Å². The summed E-state index contributed by atoms with van der Waals surface area (Å²) in [5.74, 6) is -1.04. The van der Waals surface area contributed by atoms with Crippen LogP contribution in [0.5, 0.6) is 0 Å². The van der Waals surface area contributed by atoms with E-state index in [1.807, 2.05) is 0 Å². The summed E-state index contributed by atoms with van der Waals surface area (Å²) >= 11 is 2.13. The summed E-state index contributed by atoms with van der Waals surface area (Å²) in [6.45, 7) is 0. The number of carbonyl (C=O) groups is 1. The van der Waals surface area contributed by atoms with Crippen LogP contribution in [0.15, 0.2) is 12.1 Å². The predicted molar refractivity (Wildman–Crippen MR) is 68.4 cm³/mol. The molecule has 0 saturated heterocycles. The van der Waals surface area contributed by atoms with Gasteiger partial charge in [0.15, 0.2) is 0 Å². The molecule has 1 saturated carbocycles. The van der Waals surface area contributed by atoms with Crippen molar-refractivity contribution < 1.29 is 13.6 Å². The molecule has 1 fully saturated rings. The molecule has 0 aromatic heterocycles. The van der Waals surface area contributed by atoms with Crippen molar-refractivity contribution in [1.29, 1.82) is 0 Å². The molecule has 2 aliphatic rings. The Balaban J connectivity index is 2.19. The Morgan fingerprint density at radius 3 is 2.65 bits per heavy atom. The SMILES string of the molecule is O=C1Cc2c(F)cc(F)cc2C2(CC2)CC1I. The lowest BCUT2D eigenvalue weighted by Gasteiger charge is -2.17. The van der Waals surface area contributed by atoms with Crippen LogP contribution in [0.2, 0.25) is 0 Å². The van der Waals surface area contributed by atoms with Gasteiger partial charge in [-0.15, -0.1) is 0 Å². The summed E-state index contributed by atoms with van der Waals surface area (Å²) < 4.78 is 27.0. The van der Waals surface area contributed by atoms with Gasteiger partial charge in [0.1, 0.15) is 17.4 Å². The third kappa shape index (κ3) is 1.80. The van der Waals surface area contributed by atoms with Gasteiger partial charge in [0.05, 0.1) is 3.92 Å². The van der Waals surface area contributed by atoms with E-state index in [9.17, 15) is 13.6 Å². The number of benzene rings is 1. The van der Waals surface area contributed by atoms with Crippen LogP contribution in [-0.4, -0.2) is 9.71 Å². The van der Waals surface area contributed by atoms with Crippen LogP contribution in [0, 0.1) is 11.6 Å². The Labute approximate surface area is 112 Å². The first-order valence-corrected chi connectivity index (χ1v) is 6.92. The molecule has 4 heteroatoms. The molecule has 1 nitrogen and oxygen atoms in total. The summed E-state index contributed by atoms with van der Waals surface area (Å²) in [7, 11) is 0. The topological polar surface area (TPSA) is 17.1 Å². The highest BCUT2D eigenvalue weighted by Gasteiger charge is 2.50. The monoisotopic (exact) mass is 348 g/mol. The molecule has 1 atom stereocenters. The van der Waals surface area contributed by atoms with Crippen LogP contribution >= 0.6 is 22.6 Å². The lowest BCUT2D eigenvalue weighted by molar-refractivity contribution is -0.117. The van der Waals surface area contributed by atoms with Crippen molar-refractivity contribution in [2.75, 3.05) is 0 Å². The largest absolute Gasteiger partial charge is 0.298 e. The Kier molecular flexibility index (Phi) is 2.54. The molecule has 3 rings (SSSR count). The first-order chi connectivity index (χ1) is 8.02. The quantitative estimate of drug-likeness (QED) is 0.519. The normalized spacial score (nSPS) is 25.6. The molecule has 2 aliphatic carbocycles. The highest BCUT2D eigenvalue weighted by Crippen LogP contribution is 2.55. The number of rotatable bonds is 0. The zero-order valence-electron chi connectivity index (χ0n) is 9.10. The molecule has 0 radical (unpaired) electrons. The maximum Gasteiger partial charge on any atom is 0.150 e. The van der Waals surface area contributed by atoms with Gasteiger partial charge in [0, 0.05) is 12.5 Å². The maximum atomic E-state index is 13.8. The highest BCUT2D eigenvalue weighted by molar-refractivity contribution is 14.1. The number of hydrogen-bond acceptors (Lipinski definition) is 1. The predicted octanol–water partition coefficient (Wildman–Crippen LogP) is 3.32. The van der Waals surface area contributed by atoms with Gasteiger partial charge in [-0.3, -0.25) is 4.79 Å². The van der Waals surface area contributed by atoms with Crippen molar-refractivity contribution in [2.45, 2.75) is 35.0 Å². The van der Waals surface area contributed by atoms with Gasteiger partial charge in [0.2, 0.25) is 0 Å². The summed E-state index contributed by atoms with van der Waals surface area (Å²) in [6, 6.07) is 2.31. The molecule has 0 N–H and O–H groups in total. The third-order valence-corrected chi connectivity index (χ3v) is 4.99. The van der Waals surface area contributed by atoms with Crippen molar-refractivity contribution in [3.05, 3.63) is 34.9 Å². The first-order valence-electron chi connectivity index (χ1n) is 5.67. The summed E-state index contributed by atoms with van der Waals surface area (Å²) in [6.07, 6.45) is 2.71. The second-order valence-electron chi connectivity index (χ2n) is 5.01.